The summed E-state index contributed by atoms with van der Waals surface area (Å²) >= 11 is 0. The van der Waals surface area contributed by atoms with Crippen molar-refractivity contribution in [2.24, 2.45) is 5.92 Å². The molecule has 1 aromatic carbocycles. The number of carbonyl (C=O) groups excluding carboxylic acids is 1. The van der Waals surface area contributed by atoms with Gasteiger partial charge in [0.15, 0.2) is 0 Å². The molecule has 2 aliphatic rings. The lowest BCUT2D eigenvalue weighted by Gasteiger charge is -2.32. The number of rotatable bonds is 4. The minimum atomic E-state index is -0.324. The average molecular weight is 414 g/mol. The highest BCUT2D eigenvalue weighted by Gasteiger charge is 2.29. The van der Waals surface area contributed by atoms with Crippen LogP contribution in [0, 0.1) is 11.7 Å². The molecule has 0 unspecified atom stereocenters. The van der Waals surface area contributed by atoms with Crippen LogP contribution in [0.1, 0.15) is 47.7 Å². The second-order valence-electron chi connectivity index (χ2n) is 7.32. The van der Waals surface area contributed by atoms with E-state index in [0.717, 1.165) is 56.5 Å². The van der Waals surface area contributed by atoms with Crippen LogP contribution >= 0.6 is 24.8 Å². The average Bonchev–Trinajstić information content (AvgIpc) is 3.46. The highest BCUT2D eigenvalue weighted by atomic mass is 35.5. The molecular formula is C20H26Cl2FN3O. The quantitative estimate of drug-likeness (QED) is 0.817. The number of pyridine rings is 1. The molecule has 7 heteroatoms. The van der Waals surface area contributed by atoms with Crippen LogP contribution in [-0.4, -0.2) is 42.5 Å². The fraction of sp³-hybridized carbons (Fsp3) is 0.500. The number of nitrogens with zero attached hydrogens (tertiary/aromatic N) is 2. The summed E-state index contributed by atoms with van der Waals surface area (Å²) in [6, 6.07) is 6.46. The standard InChI is InChI=1S/C20H24FN3O.2ClH/c1-22-12-13-6-8-24(9-7-13)20(25)17-11-19(14-2-3-14)23-18-5-4-15(21)10-16(17)18;;/h4-5,10-11,13-14,22H,2-3,6-9,12H2,1H3;2*1H. The molecule has 27 heavy (non-hydrogen) atoms. The van der Waals surface area contributed by atoms with Crippen LogP contribution < -0.4 is 5.32 Å². The van der Waals surface area contributed by atoms with Crippen molar-refractivity contribution in [1.82, 2.24) is 15.2 Å². The number of benzene rings is 1. The van der Waals surface area contributed by atoms with E-state index in [2.05, 4.69) is 10.3 Å². The van der Waals surface area contributed by atoms with Gasteiger partial charge >= 0.3 is 0 Å². The smallest absolute Gasteiger partial charge is 0.254 e. The second-order valence-corrected chi connectivity index (χ2v) is 7.32. The SMILES string of the molecule is CNCC1CCN(C(=O)c2cc(C3CC3)nc3ccc(F)cc23)CC1.Cl.Cl. The lowest BCUT2D eigenvalue weighted by Crippen LogP contribution is -2.40. The Balaban J connectivity index is 0.00000131. The summed E-state index contributed by atoms with van der Waals surface area (Å²) in [6.45, 7) is 2.53. The Bertz CT molecular complexity index is 805. The van der Waals surface area contributed by atoms with Crippen LogP contribution in [0.25, 0.3) is 10.9 Å². The molecule has 2 fully saturated rings. The normalized spacial score (nSPS) is 17.3. The summed E-state index contributed by atoms with van der Waals surface area (Å²) in [5.41, 5.74) is 2.31. The Morgan fingerprint density at radius 1 is 1.19 bits per heavy atom. The molecule has 1 aliphatic carbocycles. The van der Waals surface area contributed by atoms with Crippen molar-refractivity contribution in [1.29, 1.82) is 0 Å². The van der Waals surface area contributed by atoms with Gasteiger partial charge in [0.1, 0.15) is 5.82 Å². The molecule has 1 N–H and O–H groups in total. The maximum absolute atomic E-state index is 13.8. The maximum atomic E-state index is 13.8. The number of hydrogen-bond donors (Lipinski definition) is 1. The van der Waals surface area contributed by atoms with Crippen molar-refractivity contribution in [3.05, 3.63) is 41.3 Å². The summed E-state index contributed by atoms with van der Waals surface area (Å²) in [4.78, 5) is 19.7. The van der Waals surface area contributed by atoms with Gasteiger partial charge in [-0.25, -0.2) is 4.39 Å². The minimum Gasteiger partial charge on any atom is -0.339 e. The summed E-state index contributed by atoms with van der Waals surface area (Å²) in [5.74, 6) is 0.781. The van der Waals surface area contributed by atoms with Crippen LogP contribution in [0.2, 0.25) is 0 Å². The van der Waals surface area contributed by atoms with E-state index < -0.39 is 0 Å². The van der Waals surface area contributed by atoms with Crippen LogP contribution in [-0.2, 0) is 0 Å². The predicted octanol–water partition coefficient (Wildman–Crippen LogP) is 4.17. The zero-order valence-electron chi connectivity index (χ0n) is 15.4. The molecule has 4 nitrogen and oxygen atoms in total. The van der Waals surface area contributed by atoms with E-state index in [1.54, 1.807) is 6.07 Å². The monoisotopic (exact) mass is 413 g/mol. The molecule has 2 heterocycles. The molecule has 1 saturated carbocycles. The van der Waals surface area contributed by atoms with Crippen LogP contribution in [0.15, 0.2) is 24.3 Å². The number of halogens is 3. The Hall–Kier alpha value is -1.43. The Morgan fingerprint density at radius 2 is 1.89 bits per heavy atom. The second kappa shape index (κ2) is 9.18. The van der Waals surface area contributed by atoms with E-state index in [1.165, 1.54) is 12.1 Å². The number of aromatic nitrogens is 1. The third-order valence-electron chi connectivity index (χ3n) is 5.41. The van der Waals surface area contributed by atoms with E-state index in [1.807, 2.05) is 18.0 Å². The van der Waals surface area contributed by atoms with Crippen LogP contribution in [0.5, 0.6) is 0 Å². The Kier molecular flexibility index (Phi) is 7.43. The number of carbonyl (C=O) groups is 1. The molecule has 1 saturated heterocycles. The number of fused-ring (bicyclic) bond motifs is 1. The van der Waals surface area contributed by atoms with Gasteiger partial charge in [-0.15, -0.1) is 24.8 Å². The van der Waals surface area contributed by atoms with Crippen molar-refractivity contribution >= 4 is 41.6 Å². The van der Waals surface area contributed by atoms with Gasteiger partial charge in [-0.3, -0.25) is 9.78 Å². The van der Waals surface area contributed by atoms with Gasteiger partial charge in [-0.2, -0.15) is 0 Å². The number of amides is 1. The third kappa shape index (κ3) is 4.71. The van der Waals surface area contributed by atoms with E-state index in [9.17, 15) is 9.18 Å². The fourth-order valence-electron chi connectivity index (χ4n) is 3.78. The fourth-order valence-corrected chi connectivity index (χ4v) is 3.78. The van der Waals surface area contributed by atoms with Crippen LogP contribution in [0.4, 0.5) is 4.39 Å². The lowest BCUT2D eigenvalue weighted by molar-refractivity contribution is 0.0692. The van der Waals surface area contributed by atoms with E-state index in [0.29, 0.717) is 22.8 Å². The van der Waals surface area contributed by atoms with E-state index in [-0.39, 0.29) is 36.5 Å². The molecular weight excluding hydrogens is 388 g/mol. The maximum Gasteiger partial charge on any atom is 0.254 e. The predicted molar refractivity (Wildman–Crippen MR) is 111 cm³/mol. The number of hydrogen-bond acceptors (Lipinski definition) is 3. The molecule has 0 bridgehead atoms. The molecule has 2 aromatic rings. The topological polar surface area (TPSA) is 45.2 Å². The van der Waals surface area contributed by atoms with Crippen molar-refractivity contribution in [2.45, 2.75) is 31.6 Å². The zero-order valence-corrected chi connectivity index (χ0v) is 17.0. The number of piperidine rings is 1. The summed E-state index contributed by atoms with van der Waals surface area (Å²) in [7, 11) is 1.97. The molecule has 0 spiro atoms. The van der Waals surface area contributed by atoms with Crippen molar-refractivity contribution in [3.8, 4) is 0 Å². The Morgan fingerprint density at radius 3 is 2.52 bits per heavy atom. The summed E-state index contributed by atoms with van der Waals surface area (Å²) in [5, 5.41) is 3.85. The molecule has 1 aromatic heterocycles. The summed E-state index contributed by atoms with van der Waals surface area (Å²) in [6.07, 6.45) is 4.28. The Labute approximate surface area is 171 Å². The van der Waals surface area contributed by atoms with Crippen molar-refractivity contribution in [2.75, 3.05) is 26.7 Å². The van der Waals surface area contributed by atoms with Gasteiger partial charge in [0, 0.05) is 30.1 Å². The summed E-state index contributed by atoms with van der Waals surface area (Å²) < 4.78 is 13.8. The first kappa shape index (κ1) is 21.9. The highest BCUT2D eigenvalue weighted by Crippen LogP contribution is 2.40. The third-order valence-corrected chi connectivity index (χ3v) is 5.41. The number of nitrogens with one attached hydrogen (secondary N) is 1. The molecule has 0 atom stereocenters. The van der Waals surface area contributed by atoms with Gasteiger partial charge in [0.2, 0.25) is 0 Å². The van der Waals surface area contributed by atoms with Gasteiger partial charge in [-0.05, 0) is 69.5 Å². The highest BCUT2D eigenvalue weighted by molar-refractivity contribution is 6.06. The van der Waals surface area contributed by atoms with E-state index in [4.69, 9.17) is 0 Å². The first-order valence-electron chi connectivity index (χ1n) is 9.20. The van der Waals surface area contributed by atoms with E-state index >= 15 is 0 Å². The molecule has 148 valence electrons. The number of likely N-dealkylation sites (tertiary alicyclic amines) is 1. The van der Waals surface area contributed by atoms with Crippen LogP contribution in [0.3, 0.4) is 0 Å². The zero-order chi connectivity index (χ0) is 17.4. The van der Waals surface area contributed by atoms with Gasteiger partial charge < -0.3 is 10.2 Å². The largest absolute Gasteiger partial charge is 0.339 e. The van der Waals surface area contributed by atoms with Gasteiger partial charge in [0.05, 0.1) is 11.1 Å². The first-order chi connectivity index (χ1) is 12.2. The molecule has 0 radical (unpaired) electrons. The first-order valence-corrected chi connectivity index (χ1v) is 9.20. The molecule has 4 rings (SSSR count). The van der Waals surface area contributed by atoms with Gasteiger partial charge in [-0.1, -0.05) is 0 Å². The molecule has 1 aliphatic heterocycles. The van der Waals surface area contributed by atoms with Crippen molar-refractivity contribution < 1.29 is 9.18 Å². The molecule has 1 amide bonds. The van der Waals surface area contributed by atoms with Crippen molar-refractivity contribution in [3.63, 3.8) is 0 Å². The lowest BCUT2D eigenvalue weighted by atomic mass is 9.95. The minimum absolute atomic E-state index is 0. The van der Waals surface area contributed by atoms with Gasteiger partial charge in [0.25, 0.3) is 5.91 Å².